The van der Waals surface area contributed by atoms with Gasteiger partial charge in [-0.2, -0.15) is 0 Å². The van der Waals surface area contributed by atoms with Crippen LogP contribution in [-0.4, -0.2) is 14.7 Å². The van der Waals surface area contributed by atoms with Crippen LogP contribution in [0.2, 0.25) is 0 Å². The SMILES string of the molecule is CC(=O)SCc1cnns1. The van der Waals surface area contributed by atoms with E-state index in [0.717, 1.165) is 4.88 Å². The molecule has 0 aliphatic rings. The van der Waals surface area contributed by atoms with Crippen LogP contribution >= 0.6 is 23.3 Å². The highest BCUT2D eigenvalue weighted by Crippen LogP contribution is 2.13. The highest BCUT2D eigenvalue weighted by Gasteiger charge is 1.98. The van der Waals surface area contributed by atoms with Crippen molar-refractivity contribution in [2.45, 2.75) is 12.7 Å². The first-order valence-electron chi connectivity index (χ1n) is 2.68. The molecule has 0 bridgehead atoms. The molecule has 0 spiro atoms. The molecule has 3 nitrogen and oxygen atoms in total. The highest BCUT2D eigenvalue weighted by atomic mass is 32.2. The molecule has 0 atom stereocenters. The average molecular weight is 174 g/mol. The molecule has 1 rings (SSSR count). The summed E-state index contributed by atoms with van der Waals surface area (Å²) in [6, 6.07) is 0. The fourth-order valence-corrected chi connectivity index (χ4v) is 1.53. The number of thioether (sulfide) groups is 1. The number of nitrogens with zero attached hydrogens (tertiary/aromatic N) is 2. The minimum absolute atomic E-state index is 0.133. The van der Waals surface area contributed by atoms with Crippen molar-refractivity contribution in [3.05, 3.63) is 11.1 Å². The highest BCUT2D eigenvalue weighted by molar-refractivity contribution is 8.12. The van der Waals surface area contributed by atoms with Gasteiger partial charge in [-0.1, -0.05) is 16.3 Å². The average Bonchev–Trinajstić information content (AvgIpc) is 2.34. The molecule has 0 unspecified atom stereocenters. The third-order valence-corrected chi connectivity index (χ3v) is 2.53. The molecule has 0 aliphatic heterocycles. The van der Waals surface area contributed by atoms with E-state index in [9.17, 15) is 4.79 Å². The molecule has 0 amide bonds. The predicted molar refractivity (Wildman–Crippen MR) is 41.9 cm³/mol. The van der Waals surface area contributed by atoms with Crippen LogP contribution in [0.15, 0.2) is 6.20 Å². The molecule has 0 N–H and O–H groups in total. The van der Waals surface area contributed by atoms with E-state index >= 15 is 0 Å². The normalized spacial score (nSPS) is 9.70. The number of aromatic nitrogens is 2. The second-order valence-electron chi connectivity index (χ2n) is 1.66. The Labute approximate surface area is 67.0 Å². The minimum Gasteiger partial charge on any atom is -0.288 e. The summed E-state index contributed by atoms with van der Waals surface area (Å²) < 4.78 is 3.67. The van der Waals surface area contributed by atoms with Gasteiger partial charge >= 0.3 is 0 Å². The number of carbonyl (C=O) groups excluding carboxylic acids is 1. The van der Waals surface area contributed by atoms with Gasteiger partial charge in [0.2, 0.25) is 0 Å². The van der Waals surface area contributed by atoms with Gasteiger partial charge in [0.15, 0.2) is 5.12 Å². The zero-order valence-corrected chi connectivity index (χ0v) is 7.04. The summed E-state index contributed by atoms with van der Waals surface area (Å²) >= 11 is 2.61. The maximum Gasteiger partial charge on any atom is 0.186 e. The minimum atomic E-state index is 0.133. The standard InChI is InChI=1S/C5H6N2OS2/c1-4(8)9-3-5-2-6-7-10-5/h2H,3H2,1H3. The zero-order valence-electron chi connectivity index (χ0n) is 5.40. The molecule has 0 aromatic carbocycles. The van der Waals surface area contributed by atoms with Crippen LogP contribution in [0.3, 0.4) is 0 Å². The van der Waals surface area contributed by atoms with Crippen LogP contribution in [-0.2, 0) is 10.5 Å². The Morgan fingerprint density at radius 3 is 3.20 bits per heavy atom. The maximum atomic E-state index is 10.5. The fraction of sp³-hybridized carbons (Fsp3) is 0.400. The lowest BCUT2D eigenvalue weighted by Gasteiger charge is -1.88. The lowest BCUT2D eigenvalue weighted by atomic mass is 10.6. The topological polar surface area (TPSA) is 42.9 Å². The Morgan fingerprint density at radius 1 is 1.90 bits per heavy atom. The summed E-state index contributed by atoms with van der Waals surface area (Å²) in [4.78, 5) is 11.5. The van der Waals surface area contributed by atoms with Crippen molar-refractivity contribution in [1.82, 2.24) is 9.59 Å². The van der Waals surface area contributed by atoms with Crippen molar-refractivity contribution in [1.29, 1.82) is 0 Å². The number of hydrogen-bond donors (Lipinski definition) is 0. The first-order valence-corrected chi connectivity index (χ1v) is 4.44. The number of hydrogen-bond acceptors (Lipinski definition) is 5. The van der Waals surface area contributed by atoms with Crippen LogP contribution in [0.1, 0.15) is 11.8 Å². The molecule has 0 saturated heterocycles. The summed E-state index contributed by atoms with van der Waals surface area (Å²) in [6.07, 6.45) is 1.68. The van der Waals surface area contributed by atoms with Gasteiger partial charge in [-0.3, -0.25) is 4.79 Å². The Kier molecular flexibility index (Phi) is 2.82. The van der Waals surface area contributed by atoms with E-state index in [1.54, 1.807) is 13.1 Å². The molecule has 0 fully saturated rings. The van der Waals surface area contributed by atoms with Crippen molar-refractivity contribution < 1.29 is 4.79 Å². The van der Waals surface area contributed by atoms with Crippen molar-refractivity contribution in [2.24, 2.45) is 0 Å². The van der Waals surface area contributed by atoms with Gasteiger partial charge in [-0.15, -0.1) is 5.10 Å². The Bertz CT molecular complexity index is 209. The third kappa shape index (κ3) is 2.45. The Balaban J connectivity index is 2.35. The first kappa shape index (κ1) is 7.68. The molecule has 10 heavy (non-hydrogen) atoms. The molecule has 0 aliphatic carbocycles. The Morgan fingerprint density at radius 2 is 2.70 bits per heavy atom. The number of carbonyl (C=O) groups is 1. The molecule has 1 heterocycles. The third-order valence-electron chi connectivity index (χ3n) is 0.825. The largest absolute Gasteiger partial charge is 0.288 e. The van der Waals surface area contributed by atoms with Gasteiger partial charge in [-0.05, 0) is 11.5 Å². The molecular weight excluding hydrogens is 168 g/mol. The molecule has 0 radical (unpaired) electrons. The van der Waals surface area contributed by atoms with Crippen molar-refractivity contribution in [2.75, 3.05) is 0 Å². The molecule has 54 valence electrons. The second-order valence-corrected chi connectivity index (χ2v) is 3.69. The van der Waals surface area contributed by atoms with Gasteiger partial charge in [0, 0.05) is 12.7 Å². The monoisotopic (exact) mass is 174 g/mol. The lowest BCUT2D eigenvalue weighted by Crippen LogP contribution is -1.81. The van der Waals surface area contributed by atoms with Crippen LogP contribution in [0.25, 0.3) is 0 Å². The predicted octanol–water partition coefficient (Wildman–Crippen LogP) is 1.32. The van der Waals surface area contributed by atoms with E-state index in [-0.39, 0.29) is 5.12 Å². The Hall–Kier alpha value is -0.420. The van der Waals surface area contributed by atoms with Gasteiger partial charge in [-0.25, -0.2) is 0 Å². The van der Waals surface area contributed by atoms with Crippen LogP contribution in [0, 0.1) is 0 Å². The zero-order chi connectivity index (χ0) is 7.40. The lowest BCUT2D eigenvalue weighted by molar-refractivity contribution is -0.109. The van der Waals surface area contributed by atoms with Gasteiger partial charge < -0.3 is 0 Å². The second kappa shape index (κ2) is 3.68. The van der Waals surface area contributed by atoms with Gasteiger partial charge in [0.05, 0.1) is 11.1 Å². The van der Waals surface area contributed by atoms with Crippen LogP contribution in [0.4, 0.5) is 0 Å². The number of rotatable bonds is 2. The fourth-order valence-electron chi connectivity index (χ4n) is 0.424. The van der Waals surface area contributed by atoms with Crippen LogP contribution < -0.4 is 0 Å². The summed E-state index contributed by atoms with van der Waals surface area (Å²) in [6.45, 7) is 1.55. The summed E-state index contributed by atoms with van der Waals surface area (Å²) in [5.41, 5.74) is 0. The van der Waals surface area contributed by atoms with Crippen LogP contribution in [0.5, 0.6) is 0 Å². The van der Waals surface area contributed by atoms with Crippen molar-refractivity contribution >= 4 is 28.4 Å². The van der Waals surface area contributed by atoms with Crippen molar-refractivity contribution in [3.8, 4) is 0 Å². The summed E-state index contributed by atoms with van der Waals surface area (Å²) in [5.74, 6) is 0.701. The van der Waals surface area contributed by atoms with E-state index < -0.39 is 0 Å². The van der Waals surface area contributed by atoms with Gasteiger partial charge in [0.25, 0.3) is 0 Å². The summed E-state index contributed by atoms with van der Waals surface area (Å²) in [7, 11) is 0. The molecular formula is C5H6N2OS2. The summed E-state index contributed by atoms with van der Waals surface area (Å²) in [5, 5.41) is 3.78. The van der Waals surface area contributed by atoms with E-state index in [4.69, 9.17) is 0 Å². The van der Waals surface area contributed by atoms with E-state index in [0.29, 0.717) is 5.75 Å². The molecule has 5 heteroatoms. The quantitative estimate of drug-likeness (QED) is 0.678. The van der Waals surface area contributed by atoms with Crippen molar-refractivity contribution in [3.63, 3.8) is 0 Å². The maximum absolute atomic E-state index is 10.5. The molecule has 1 aromatic heterocycles. The molecule has 1 aromatic rings. The molecule has 0 saturated carbocycles. The van der Waals surface area contributed by atoms with E-state index in [1.165, 1.54) is 23.3 Å². The first-order chi connectivity index (χ1) is 4.79. The van der Waals surface area contributed by atoms with E-state index in [2.05, 4.69) is 9.59 Å². The van der Waals surface area contributed by atoms with E-state index in [1.807, 2.05) is 0 Å². The smallest absolute Gasteiger partial charge is 0.186 e. The van der Waals surface area contributed by atoms with Gasteiger partial charge in [0.1, 0.15) is 0 Å².